The standard InChI is InChI=1S/C26H20O3/c1-15-13-18(27)9-11-21(15)26(22-12-10-19(28)14-16(22)2)23-8-4-6-17-5-3-7-20(24(17)23)25(26)29/h3-14,27-28H,1-2H3. The van der Waals surface area contributed by atoms with Gasteiger partial charge in [-0.15, -0.1) is 0 Å². The number of phenolic OH excluding ortho intramolecular Hbond substituents is 2. The molecule has 0 spiro atoms. The number of hydrogen-bond acceptors (Lipinski definition) is 3. The summed E-state index contributed by atoms with van der Waals surface area (Å²) in [5, 5.41) is 22.0. The zero-order valence-electron chi connectivity index (χ0n) is 16.2. The molecular formula is C26H20O3. The third-order valence-electron chi connectivity index (χ3n) is 6.12. The second-order valence-electron chi connectivity index (χ2n) is 7.79. The molecule has 0 aromatic heterocycles. The monoisotopic (exact) mass is 380 g/mol. The van der Waals surface area contributed by atoms with Gasteiger partial charge < -0.3 is 10.2 Å². The minimum atomic E-state index is -1.03. The SMILES string of the molecule is Cc1cc(O)ccc1C1(c2ccc(O)cc2C)C(=O)c2cccc3cccc1c23. The molecule has 5 rings (SSSR count). The highest BCUT2D eigenvalue weighted by Gasteiger charge is 2.51. The van der Waals surface area contributed by atoms with Gasteiger partial charge in [-0.05, 0) is 76.7 Å². The van der Waals surface area contributed by atoms with E-state index in [1.807, 2.05) is 62.4 Å². The molecule has 0 radical (unpaired) electrons. The van der Waals surface area contributed by atoms with E-state index in [2.05, 4.69) is 0 Å². The predicted molar refractivity (Wildman–Crippen MR) is 114 cm³/mol. The van der Waals surface area contributed by atoms with E-state index in [9.17, 15) is 15.0 Å². The van der Waals surface area contributed by atoms with E-state index in [0.717, 1.165) is 38.6 Å². The number of carbonyl (C=O) groups excluding carboxylic acids is 1. The maximum absolute atomic E-state index is 14.1. The minimum Gasteiger partial charge on any atom is -0.508 e. The number of hydrogen-bond donors (Lipinski definition) is 2. The Hall–Kier alpha value is -3.59. The van der Waals surface area contributed by atoms with E-state index < -0.39 is 5.41 Å². The first-order valence-corrected chi connectivity index (χ1v) is 9.62. The second kappa shape index (κ2) is 5.95. The van der Waals surface area contributed by atoms with Gasteiger partial charge in [0, 0.05) is 5.56 Å². The summed E-state index contributed by atoms with van der Waals surface area (Å²) in [5.41, 5.74) is 4.00. The van der Waals surface area contributed by atoms with E-state index in [1.165, 1.54) is 0 Å². The number of benzene rings is 4. The highest BCUT2D eigenvalue weighted by atomic mass is 16.3. The molecule has 3 heteroatoms. The van der Waals surface area contributed by atoms with Crippen molar-refractivity contribution in [2.75, 3.05) is 0 Å². The number of phenols is 2. The zero-order valence-corrected chi connectivity index (χ0v) is 16.2. The lowest BCUT2D eigenvalue weighted by Crippen LogP contribution is -2.36. The third kappa shape index (κ3) is 2.21. The number of aryl methyl sites for hydroxylation is 2. The van der Waals surface area contributed by atoms with Crippen molar-refractivity contribution in [3.05, 3.63) is 106 Å². The molecule has 1 aliphatic carbocycles. The van der Waals surface area contributed by atoms with Crippen LogP contribution in [0.5, 0.6) is 11.5 Å². The van der Waals surface area contributed by atoms with Gasteiger partial charge in [-0.1, -0.05) is 48.5 Å². The van der Waals surface area contributed by atoms with Crippen LogP contribution < -0.4 is 0 Å². The fourth-order valence-electron chi connectivity index (χ4n) is 4.98. The van der Waals surface area contributed by atoms with Crippen LogP contribution in [0.25, 0.3) is 10.8 Å². The predicted octanol–water partition coefficient (Wildman–Crippen LogP) is 5.40. The molecule has 3 nitrogen and oxygen atoms in total. The highest BCUT2D eigenvalue weighted by molar-refractivity contribution is 6.23. The van der Waals surface area contributed by atoms with Gasteiger partial charge in [-0.3, -0.25) is 4.79 Å². The minimum absolute atomic E-state index is 0.0203. The molecule has 4 aromatic rings. The van der Waals surface area contributed by atoms with Gasteiger partial charge in [0.25, 0.3) is 0 Å². The Labute approximate surface area is 168 Å². The number of ketones is 1. The lowest BCUT2D eigenvalue weighted by Gasteiger charge is -2.33. The van der Waals surface area contributed by atoms with Crippen LogP contribution in [-0.4, -0.2) is 16.0 Å². The van der Waals surface area contributed by atoms with Crippen molar-refractivity contribution < 1.29 is 15.0 Å². The highest BCUT2D eigenvalue weighted by Crippen LogP contribution is 2.52. The van der Waals surface area contributed by atoms with Crippen molar-refractivity contribution in [3.63, 3.8) is 0 Å². The van der Waals surface area contributed by atoms with Crippen molar-refractivity contribution in [2.45, 2.75) is 19.3 Å². The molecule has 0 aliphatic heterocycles. The molecule has 0 atom stereocenters. The maximum atomic E-state index is 14.1. The molecule has 0 saturated carbocycles. The largest absolute Gasteiger partial charge is 0.508 e. The number of carbonyl (C=O) groups is 1. The summed E-state index contributed by atoms with van der Waals surface area (Å²) in [4.78, 5) is 14.1. The molecule has 2 N–H and O–H groups in total. The average Bonchev–Trinajstić information content (AvgIpc) is 2.94. The topological polar surface area (TPSA) is 57.5 Å². The molecule has 4 aromatic carbocycles. The number of Topliss-reactive ketones (excluding diaryl/α,β-unsaturated/α-hetero) is 1. The van der Waals surface area contributed by atoms with Crippen LogP contribution >= 0.6 is 0 Å². The first-order chi connectivity index (χ1) is 13.9. The molecule has 29 heavy (non-hydrogen) atoms. The van der Waals surface area contributed by atoms with Crippen LogP contribution in [0.3, 0.4) is 0 Å². The van der Waals surface area contributed by atoms with Gasteiger partial charge in [0.1, 0.15) is 16.9 Å². The summed E-state index contributed by atoms with van der Waals surface area (Å²) < 4.78 is 0. The Kier molecular flexibility index (Phi) is 3.59. The molecule has 0 bridgehead atoms. The van der Waals surface area contributed by atoms with Crippen molar-refractivity contribution in [3.8, 4) is 11.5 Å². The van der Waals surface area contributed by atoms with Crippen molar-refractivity contribution in [1.29, 1.82) is 0 Å². The van der Waals surface area contributed by atoms with Crippen LogP contribution in [0.4, 0.5) is 0 Å². The van der Waals surface area contributed by atoms with Gasteiger partial charge in [0.2, 0.25) is 0 Å². The van der Waals surface area contributed by atoms with E-state index in [0.29, 0.717) is 5.56 Å². The summed E-state index contributed by atoms with van der Waals surface area (Å²) in [6.07, 6.45) is 0. The van der Waals surface area contributed by atoms with E-state index >= 15 is 0 Å². The summed E-state index contributed by atoms with van der Waals surface area (Å²) in [6.45, 7) is 3.84. The third-order valence-corrected chi connectivity index (χ3v) is 6.12. The maximum Gasteiger partial charge on any atom is 0.182 e. The first kappa shape index (κ1) is 17.5. The summed E-state index contributed by atoms with van der Waals surface area (Å²) in [6, 6.07) is 22.2. The van der Waals surface area contributed by atoms with Crippen LogP contribution in [0.15, 0.2) is 72.8 Å². The van der Waals surface area contributed by atoms with E-state index in [4.69, 9.17) is 0 Å². The number of aromatic hydroxyl groups is 2. The Bertz CT molecular complexity index is 1260. The zero-order chi connectivity index (χ0) is 20.3. The average molecular weight is 380 g/mol. The van der Waals surface area contributed by atoms with Crippen molar-refractivity contribution >= 4 is 16.6 Å². The number of rotatable bonds is 2. The molecule has 0 saturated heterocycles. The van der Waals surface area contributed by atoms with Gasteiger partial charge in [-0.2, -0.15) is 0 Å². The Morgan fingerprint density at radius 2 is 1.24 bits per heavy atom. The van der Waals surface area contributed by atoms with Crippen LogP contribution in [-0.2, 0) is 5.41 Å². The summed E-state index contributed by atoms with van der Waals surface area (Å²) >= 11 is 0. The lowest BCUT2D eigenvalue weighted by molar-refractivity contribution is 0.0944. The molecule has 1 aliphatic rings. The Morgan fingerprint density at radius 3 is 1.79 bits per heavy atom. The molecular weight excluding hydrogens is 360 g/mol. The van der Waals surface area contributed by atoms with Gasteiger partial charge in [-0.25, -0.2) is 0 Å². The fraction of sp³-hybridized carbons (Fsp3) is 0.115. The van der Waals surface area contributed by atoms with Crippen molar-refractivity contribution in [2.24, 2.45) is 0 Å². The Balaban J connectivity index is 1.99. The fourth-order valence-corrected chi connectivity index (χ4v) is 4.98. The van der Waals surface area contributed by atoms with Crippen LogP contribution in [0, 0.1) is 13.8 Å². The summed E-state index contributed by atoms with van der Waals surface area (Å²) in [7, 11) is 0. The molecule has 142 valence electrons. The van der Waals surface area contributed by atoms with E-state index in [1.54, 1.807) is 24.3 Å². The molecule has 0 fully saturated rings. The molecule has 0 heterocycles. The van der Waals surface area contributed by atoms with Gasteiger partial charge >= 0.3 is 0 Å². The van der Waals surface area contributed by atoms with E-state index in [-0.39, 0.29) is 17.3 Å². The smallest absolute Gasteiger partial charge is 0.182 e. The lowest BCUT2D eigenvalue weighted by atomic mass is 9.66. The molecule has 0 unspecified atom stereocenters. The first-order valence-electron chi connectivity index (χ1n) is 9.62. The second-order valence-corrected chi connectivity index (χ2v) is 7.79. The summed E-state index contributed by atoms with van der Waals surface area (Å²) in [5.74, 6) is 0.363. The molecule has 0 amide bonds. The normalized spacial score (nSPS) is 14.5. The van der Waals surface area contributed by atoms with Crippen LogP contribution in [0.1, 0.15) is 38.2 Å². The quantitative estimate of drug-likeness (QED) is 0.490. The van der Waals surface area contributed by atoms with Gasteiger partial charge in [0.15, 0.2) is 5.78 Å². The Morgan fingerprint density at radius 1 is 0.690 bits per heavy atom. The van der Waals surface area contributed by atoms with Crippen LogP contribution in [0.2, 0.25) is 0 Å². The van der Waals surface area contributed by atoms with Gasteiger partial charge in [0.05, 0.1) is 0 Å². The van der Waals surface area contributed by atoms with Crippen molar-refractivity contribution in [1.82, 2.24) is 0 Å².